The third-order valence-electron chi connectivity index (χ3n) is 4.55. The van der Waals surface area contributed by atoms with E-state index >= 15 is 0 Å². The second kappa shape index (κ2) is 6.38. The second-order valence-electron chi connectivity index (χ2n) is 6.34. The molecule has 0 unspecified atom stereocenters. The Morgan fingerprint density at radius 1 is 1.00 bits per heavy atom. The van der Waals surface area contributed by atoms with Gasteiger partial charge in [-0.05, 0) is 42.5 Å². The number of imidazole rings is 1. The van der Waals surface area contributed by atoms with Crippen LogP contribution in [0.3, 0.4) is 0 Å². The summed E-state index contributed by atoms with van der Waals surface area (Å²) in [6.45, 7) is 0. The van der Waals surface area contributed by atoms with Gasteiger partial charge in [-0.3, -0.25) is 10.1 Å². The fourth-order valence-corrected chi connectivity index (χ4v) is 4.30. The van der Waals surface area contributed by atoms with Crippen molar-refractivity contribution in [3.8, 4) is 0 Å². The Morgan fingerprint density at radius 2 is 1.90 bits per heavy atom. The van der Waals surface area contributed by atoms with Gasteiger partial charge in [0, 0.05) is 23.2 Å². The molecule has 0 saturated carbocycles. The largest absolute Gasteiger partial charge is 0.350 e. The van der Waals surface area contributed by atoms with Crippen LogP contribution in [0.4, 0.5) is 15.9 Å². The molecule has 0 atom stereocenters. The van der Waals surface area contributed by atoms with Crippen LogP contribution in [0.15, 0.2) is 71.1 Å². The van der Waals surface area contributed by atoms with Crippen LogP contribution in [0.1, 0.15) is 0 Å². The van der Waals surface area contributed by atoms with Gasteiger partial charge >= 0.3 is 0 Å². The van der Waals surface area contributed by atoms with Crippen LogP contribution in [0.2, 0.25) is 0 Å². The monoisotopic (exact) mass is 408 g/mol. The Morgan fingerprint density at radius 3 is 2.72 bits per heavy atom. The smallest absolute Gasteiger partial charge is 0.225 e. The second-order valence-corrected chi connectivity index (χ2v) is 8.23. The van der Waals surface area contributed by atoms with Crippen LogP contribution in [0.25, 0.3) is 21.8 Å². The molecule has 5 aromatic rings. The van der Waals surface area contributed by atoms with Crippen molar-refractivity contribution in [2.45, 2.75) is 9.92 Å². The number of benzene rings is 2. The predicted octanol–water partition coefficient (Wildman–Crippen LogP) is 3.55. The minimum atomic E-state index is -3.78. The van der Waals surface area contributed by atoms with Gasteiger partial charge in [-0.1, -0.05) is 0 Å². The highest BCUT2D eigenvalue weighted by atomic mass is 32.2. The van der Waals surface area contributed by atoms with Crippen LogP contribution < -0.4 is 5.32 Å². The highest BCUT2D eigenvalue weighted by Gasteiger charge is 2.21. The summed E-state index contributed by atoms with van der Waals surface area (Å²) in [7, 11) is -3.78. The molecular weight excluding hydrogens is 395 g/mol. The number of H-pyrrole nitrogens is 2. The van der Waals surface area contributed by atoms with E-state index < -0.39 is 9.84 Å². The number of hydrogen-bond donors (Lipinski definition) is 3. The summed E-state index contributed by atoms with van der Waals surface area (Å²) in [6.07, 6.45) is 4.23. The van der Waals surface area contributed by atoms with Crippen molar-refractivity contribution in [1.29, 1.82) is 0 Å². The topological polar surface area (TPSA) is 116 Å². The van der Waals surface area contributed by atoms with Crippen LogP contribution in [0.5, 0.6) is 0 Å². The van der Waals surface area contributed by atoms with Gasteiger partial charge in [-0.25, -0.2) is 17.8 Å². The van der Waals surface area contributed by atoms with Gasteiger partial charge in [-0.2, -0.15) is 5.10 Å². The minimum absolute atomic E-state index is 0.0657. The molecule has 0 aliphatic carbocycles. The highest BCUT2D eigenvalue weighted by molar-refractivity contribution is 7.91. The third kappa shape index (κ3) is 2.90. The number of rotatable bonds is 4. The number of sulfone groups is 1. The molecule has 0 spiro atoms. The van der Waals surface area contributed by atoms with Gasteiger partial charge in [0.05, 0.1) is 27.9 Å². The van der Waals surface area contributed by atoms with Crippen molar-refractivity contribution >= 4 is 43.1 Å². The Hall–Kier alpha value is -3.79. The van der Waals surface area contributed by atoms with Crippen molar-refractivity contribution < 1.29 is 12.8 Å². The maximum atomic E-state index is 13.7. The van der Waals surface area contributed by atoms with Gasteiger partial charge in [-0.15, -0.1) is 0 Å². The normalized spacial score (nSPS) is 11.9. The van der Waals surface area contributed by atoms with Crippen LogP contribution in [0, 0.1) is 5.82 Å². The number of hydrogen-bond acceptors (Lipinski definition) is 6. The highest BCUT2D eigenvalue weighted by Crippen LogP contribution is 2.31. The summed E-state index contributed by atoms with van der Waals surface area (Å²) in [5.41, 5.74) is 1.86. The van der Waals surface area contributed by atoms with E-state index in [-0.39, 0.29) is 15.7 Å². The van der Waals surface area contributed by atoms with Gasteiger partial charge in [0.1, 0.15) is 5.82 Å². The molecular formula is C19H13FN6O2S. The summed E-state index contributed by atoms with van der Waals surface area (Å²) in [5.74, 6) is 0.0430. The van der Waals surface area contributed by atoms with Crippen molar-refractivity contribution in [2.24, 2.45) is 0 Å². The first kappa shape index (κ1) is 17.3. The van der Waals surface area contributed by atoms with E-state index in [4.69, 9.17) is 0 Å². The van der Waals surface area contributed by atoms with Crippen LogP contribution in [-0.4, -0.2) is 33.6 Å². The summed E-state index contributed by atoms with van der Waals surface area (Å²) < 4.78 is 39.2. The molecule has 3 N–H and O–H groups in total. The van der Waals surface area contributed by atoms with E-state index in [0.717, 1.165) is 0 Å². The van der Waals surface area contributed by atoms with Gasteiger partial charge in [0.15, 0.2) is 10.8 Å². The van der Waals surface area contributed by atoms with Gasteiger partial charge < -0.3 is 10.3 Å². The Labute approximate surface area is 163 Å². The van der Waals surface area contributed by atoms with Crippen molar-refractivity contribution in [3.63, 3.8) is 0 Å². The standard InChI is InChI=1S/C19H13FN6O2S/c20-11-1-3-17-14(7-11)19(26-25-17)24-16-5-6-22-15-4-2-12(8-13(15)16)29(27,28)18-9-21-10-23-18/h1-10H,(H,21,23)(H2,22,24,25,26). The Balaban J connectivity index is 1.63. The maximum Gasteiger partial charge on any atom is 0.225 e. The first-order valence-corrected chi connectivity index (χ1v) is 10.0. The zero-order valence-electron chi connectivity index (χ0n) is 14.7. The molecule has 0 aliphatic rings. The number of anilines is 2. The lowest BCUT2D eigenvalue weighted by atomic mass is 10.2. The van der Waals surface area contributed by atoms with E-state index in [0.29, 0.717) is 33.3 Å². The average molecular weight is 408 g/mol. The first-order chi connectivity index (χ1) is 14.0. The number of halogens is 1. The molecule has 0 radical (unpaired) electrons. The summed E-state index contributed by atoms with van der Waals surface area (Å²) in [4.78, 5) is 10.9. The van der Waals surface area contributed by atoms with E-state index in [9.17, 15) is 12.8 Å². The van der Waals surface area contributed by atoms with Crippen molar-refractivity contribution in [3.05, 3.63) is 67.0 Å². The lowest BCUT2D eigenvalue weighted by molar-refractivity contribution is 0.593. The molecule has 10 heteroatoms. The van der Waals surface area contributed by atoms with E-state index in [1.807, 2.05) is 0 Å². The number of aromatic amines is 2. The van der Waals surface area contributed by atoms with Gasteiger partial charge in [0.2, 0.25) is 9.84 Å². The minimum Gasteiger partial charge on any atom is -0.350 e. The van der Waals surface area contributed by atoms with Crippen LogP contribution in [-0.2, 0) is 9.84 Å². The van der Waals surface area contributed by atoms with Gasteiger partial charge in [0.25, 0.3) is 0 Å². The summed E-state index contributed by atoms with van der Waals surface area (Å²) in [6, 6.07) is 10.7. The van der Waals surface area contributed by atoms with Crippen molar-refractivity contribution in [2.75, 3.05) is 5.32 Å². The molecule has 5 rings (SSSR count). The molecule has 144 valence electrons. The molecule has 3 aromatic heterocycles. The van der Waals surface area contributed by atoms with Crippen LogP contribution >= 0.6 is 0 Å². The molecule has 0 saturated heterocycles. The van der Waals surface area contributed by atoms with Crippen molar-refractivity contribution in [1.82, 2.24) is 25.1 Å². The number of pyridine rings is 1. The zero-order chi connectivity index (χ0) is 20.0. The summed E-state index contributed by atoms with van der Waals surface area (Å²) in [5, 5.41) is 11.3. The molecule has 3 heterocycles. The number of fused-ring (bicyclic) bond motifs is 2. The maximum absolute atomic E-state index is 13.7. The first-order valence-electron chi connectivity index (χ1n) is 8.56. The molecule has 2 aromatic carbocycles. The molecule has 29 heavy (non-hydrogen) atoms. The average Bonchev–Trinajstić information content (AvgIpc) is 3.39. The quantitative estimate of drug-likeness (QED) is 0.419. The molecule has 0 aliphatic heterocycles. The fraction of sp³-hybridized carbons (Fsp3) is 0. The molecule has 0 amide bonds. The number of aromatic nitrogens is 5. The number of nitrogens with zero attached hydrogens (tertiary/aromatic N) is 3. The van der Waals surface area contributed by atoms with E-state index in [1.165, 1.54) is 36.8 Å². The predicted molar refractivity (Wildman–Crippen MR) is 105 cm³/mol. The van der Waals surface area contributed by atoms with E-state index in [2.05, 4.69) is 30.5 Å². The zero-order valence-corrected chi connectivity index (χ0v) is 15.5. The Kier molecular flexibility index (Phi) is 3.81. The molecule has 0 bridgehead atoms. The Bertz CT molecular complexity index is 1460. The molecule has 0 fully saturated rings. The fourth-order valence-electron chi connectivity index (χ4n) is 3.13. The summed E-state index contributed by atoms with van der Waals surface area (Å²) >= 11 is 0. The van der Waals surface area contributed by atoms with E-state index in [1.54, 1.807) is 24.4 Å². The lowest BCUT2D eigenvalue weighted by Gasteiger charge is -2.09. The number of nitrogens with one attached hydrogen (secondary N) is 3. The molecule has 8 nitrogen and oxygen atoms in total. The third-order valence-corrected chi connectivity index (χ3v) is 6.20. The SMILES string of the molecule is O=S(=O)(c1ccc2nccc(Nc3n[nH]c4ccc(F)cc34)c2c1)c1c[nH]cn1. The lowest BCUT2D eigenvalue weighted by Crippen LogP contribution is -2.03.